The zero-order valence-electron chi connectivity index (χ0n) is 9.82. The second-order valence-electron chi connectivity index (χ2n) is 3.25. The molecule has 0 aromatic rings. The van der Waals surface area contributed by atoms with Crippen molar-refractivity contribution in [3.8, 4) is 12.1 Å². The van der Waals surface area contributed by atoms with E-state index in [-0.39, 0.29) is 0 Å². The van der Waals surface area contributed by atoms with Crippen molar-refractivity contribution in [3.05, 3.63) is 0 Å². The van der Waals surface area contributed by atoms with E-state index in [0.717, 1.165) is 0 Å². The summed E-state index contributed by atoms with van der Waals surface area (Å²) >= 11 is 0. The average molecular weight is 330 g/mol. The van der Waals surface area contributed by atoms with E-state index in [1.165, 1.54) is 12.1 Å². The third-order valence-corrected chi connectivity index (χ3v) is 3.26. The van der Waals surface area contributed by atoms with E-state index in [9.17, 15) is 14.2 Å². The molecule has 13 heteroatoms. The number of aliphatic hydroxyl groups is 4. The number of hydrogen-bond donors (Lipinski definition) is 6. The monoisotopic (exact) mass is 330 g/mol. The topological polar surface area (TPSA) is 212 Å². The second-order valence-corrected chi connectivity index (χ2v) is 4.85. The van der Waals surface area contributed by atoms with Crippen molar-refractivity contribution in [2.75, 3.05) is 19.8 Å². The van der Waals surface area contributed by atoms with Crippen molar-refractivity contribution in [3.63, 3.8) is 0 Å². The maximum atomic E-state index is 9.39. The lowest BCUT2D eigenvalue weighted by Gasteiger charge is -2.33. The number of rotatable bonds is 6. The van der Waals surface area contributed by atoms with Crippen LogP contribution in [0.2, 0.25) is 0 Å². The number of hydrogen-bond acceptors (Lipinski definition) is 9. The standard InChI is InChI=1S/C7H10N2O4.O5P2/c8-1-7(13,2-9)6(3-10,4-11)5-12;1-6(2)5-7(3)4/h10-13H,3-5H2;/p+2. The molecule has 2 unspecified atom stereocenters. The summed E-state index contributed by atoms with van der Waals surface area (Å²) < 4.78 is 22.2. The van der Waals surface area contributed by atoms with Gasteiger partial charge in [-0.15, -0.1) is 9.79 Å². The van der Waals surface area contributed by atoms with Crippen LogP contribution < -0.4 is 0 Å². The maximum Gasteiger partial charge on any atom is 0.745 e. The quantitative estimate of drug-likeness (QED) is 0.232. The van der Waals surface area contributed by atoms with Crippen LogP contribution in [0.25, 0.3) is 0 Å². The molecule has 20 heavy (non-hydrogen) atoms. The Morgan fingerprint density at radius 2 is 1.25 bits per heavy atom. The van der Waals surface area contributed by atoms with E-state index in [0.29, 0.717) is 0 Å². The molecule has 0 aliphatic heterocycles. The van der Waals surface area contributed by atoms with Gasteiger partial charge >= 0.3 is 16.5 Å². The van der Waals surface area contributed by atoms with Gasteiger partial charge in [-0.2, -0.15) is 10.5 Å². The lowest BCUT2D eigenvalue weighted by Crippen LogP contribution is -2.53. The lowest BCUT2D eigenvalue weighted by molar-refractivity contribution is -0.0940. The smallest absolute Gasteiger partial charge is 0.395 e. The highest BCUT2D eigenvalue weighted by Crippen LogP contribution is 2.31. The van der Waals surface area contributed by atoms with E-state index in [1.807, 2.05) is 0 Å². The highest BCUT2D eigenvalue weighted by atomic mass is 31.2. The highest BCUT2D eigenvalue weighted by Gasteiger charge is 2.51. The Balaban J connectivity index is 0. The van der Waals surface area contributed by atoms with Crippen LogP contribution in [0.3, 0.4) is 0 Å². The Morgan fingerprint density at radius 1 is 0.950 bits per heavy atom. The van der Waals surface area contributed by atoms with Crippen LogP contribution in [0.15, 0.2) is 0 Å². The van der Waals surface area contributed by atoms with Crippen LogP contribution in [-0.4, -0.2) is 55.6 Å². The van der Waals surface area contributed by atoms with Crippen molar-refractivity contribution in [1.82, 2.24) is 0 Å². The molecular formula is C7H12N2O9P2+2. The summed E-state index contributed by atoms with van der Waals surface area (Å²) in [5, 5.41) is 52.6. The van der Waals surface area contributed by atoms with Gasteiger partial charge in [0.1, 0.15) is 12.1 Å². The molecule has 0 aromatic carbocycles. The minimum atomic E-state index is -2.92. The van der Waals surface area contributed by atoms with E-state index in [4.69, 9.17) is 35.6 Å². The van der Waals surface area contributed by atoms with Gasteiger partial charge in [0, 0.05) is 9.13 Å². The molecule has 0 heterocycles. The third-order valence-electron chi connectivity index (χ3n) is 2.14. The Labute approximate surface area is 114 Å². The number of aliphatic hydroxyl groups excluding tert-OH is 3. The summed E-state index contributed by atoms with van der Waals surface area (Å²) in [6.07, 6.45) is 0. The normalized spacial score (nSPS) is 12.4. The van der Waals surface area contributed by atoms with Crippen LogP contribution in [-0.2, 0) is 13.4 Å². The zero-order valence-corrected chi connectivity index (χ0v) is 11.6. The Bertz CT molecular complexity index is 391. The fourth-order valence-corrected chi connectivity index (χ4v) is 1.29. The van der Waals surface area contributed by atoms with Gasteiger partial charge in [-0.25, -0.2) is 0 Å². The first-order valence-electron chi connectivity index (χ1n) is 4.56. The molecule has 6 N–H and O–H groups in total. The first-order chi connectivity index (χ1) is 9.18. The van der Waals surface area contributed by atoms with E-state index >= 15 is 0 Å². The van der Waals surface area contributed by atoms with Gasteiger partial charge in [0.25, 0.3) is 5.60 Å². The third kappa shape index (κ3) is 5.90. The Morgan fingerprint density at radius 3 is 1.30 bits per heavy atom. The summed E-state index contributed by atoms with van der Waals surface area (Å²) in [6.45, 7) is -2.59. The van der Waals surface area contributed by atoms with E-state index in [1.54, 1.807) is 0 Å². The summed E-state index contributed by atoms with van der Waals surface area (Å²) in [5.74, 6) is 0. The van der Waals surface area contributed by atoms with Crippen molar-refractivity contribution in [2.45, 2.75) is 5.60 Å². The molecule has 0 saturated heterocycles. The SMILES string of the molecule is N#CC(O)(C#N)C(CO)(CO)CO.O=[P+](O)O[P+](=O)O. The lowest BCUT2D eigenvalue weighted by atomic mass is 9.75. The molecule has 11 nitrogen and oxygen atoms in total. The molecule has 0 amide bonds. The Hall–Kier alpha value is -1.10. The minimum absolute atomic E-state index is 0.863. The van der Waals surface area contributed by atoms with E-state index < -0.39 is 47.3 Å². The number of nitriles is 2. The van der Waals surface area contributed by atoms with Crippen LogP contribution in [0, 0.1) is 28.1 Å². The summed E-state index contributed by atoms with van der Waals surface area (Å²) in [6, 6.07) is 2.47. The predicted octanol–water partition coefficient (Wildman–Crippen LogP) is -1.97. The van der Waals surface area contributed by atoms with Crippen molar-refractivity contribution in [1.29, 1.82) is 10.5 Å². The molecule has 0 aliphatic carbocycles. The van der Waals surface area contributed by atoms with Gasteiger partial charge in [0.05, 0.1) is 25.2 Å². The highest BCUT2D eigenvalue weighted by molar-refractivity contribution is 7.46. The number of nitrogens with zero attached hydrogens (tertiary/aromatic N) is 2. The molecule has 0 radical (unpaired) electrons. The molecule has 0 aromatic heterocycles. The molecule has 112 valence electrons. The summed E-state index contributed by atoms with van der Waals surface area (Å²) in [5.41, 5.74) is -4.51. The van der Waals surface area contributed by atoms with E-state index in [2.05, 4.69) is 4.31 Å². The van der Waals surface area contributed by atoms with Crippen LogP contribution in [0.5, 0.6) is 0 Å². The van der Waals surface area contributed by atoms with Crippen LogP contribution >= 0.6 is 16.5 Å². The first kappa shape index (κ1) is 21.2. The van der Waals surface area contributed by atoms with Crippen molar-refractivity contribution < 1.29 is 43.7 Å². The van der Waals surface area contributed by atoms with Crippen LogP contribution in [0.4, 0.5) is 0 Å². The molecule has 0 saturated carbocycles. The first-order valence-corrected chi connectivity index (χ1v) is 6.82. The van der Waals surface area contributed by atoms with Gasteiger partial charge in [-0.1, -0.05) is 0 Å². The van der Waals surface area contributed by atoms with Gasteiger partial charge in [0.15, 0.2) is 4.31 Å². The molecule has 0 fully saturated rings. The summed E-state index contributed by atoms with van der Waals surface area (Å²) in [4.78, 5) is 15.3. The van der Waals surface area contributed by atoms with Gasteiger partial charge in [-0.05, 0) is 0 Å². The van der Waals surface area contributed by atoms with Gasteiger partial charge in [0.2, 0.25) is 0 Å². The maximum absolute atomic E-state index is 9.39. The molecule has 0 rings (SSSR count). The molecule has 2 atom stereocenters. The van der Waals surface area contributed by atoms with Gasteiger partial charge in [-0.3, -0.25) is 0 Å². The molecule has 0 bridgehead atoms. The zero-order chi connectivity index (χ0) is 16.4. The Kier molecular flexibility index (Phi) is 10.3. The fraction of sp³-hybridized carbons (Fsp3) is 0.714. The van der Waals surface area contributed by atoms with Crippen molar-refractivity contribution in [2.24, 2.45) is 5.41 Å². The molecule has 0 aliphatic rings. The molecular weight excluding hydrogens is 318 g/mol. The fourth-order valence-electron chi connectivity index (χ4n) is 0.815. The van der Waals surface area contributed by atoms with Crippen LogP contribution in [0.1, 0.15) is 0 Å². The predicted molar refractivity (Wildman–Crippen MR) is 60.6 cm³/mol. The average Bonchev–Trinajstić information content (AvgIpc) is 2.40. The minimum Gasteiger partial charge on any atom is -0.395 e. The largest absolute Gasteiger partial charge is 0.745 e. The van der Waals surface area contributed by atoms with Gasteiger partial charge < -0.3 is 20.4 Å². The molecule has 0 spiro atoms. The summed E-state index contributed by atoms with van der Waals surface area (Å²) in [7, 11) is -5.85. The second kappa shape index (κ2) is 9.75. The van der Waals surface area contributed by atoms with Crippen molar-refractivity contribution >= 4 is 16.5 Å².